The minimum Gasteiger partial charge on any atom is -0.417 e. The third kappa shape index (κ3) is 3.31. The summed E-state index contributed by atoms with van der Waals surface area (Å²) < 4.78 is 6.24. The van der Waals surface area contributed by atoms with E-state index in [9.17, 15) is 5.11 Å². The fourth-order valence-electron chi connectivity index (χ4n) is 2.11. The Labute approximate surface area is 102 Å². The van der Waals surface area contributed by atoms with Crippen molar-refractivity contribution in [2.75, 3.05) is 13.2 Å². The molecule has 0 aliphatic heterocycles. The molecule has 1 saturated carbocycles. The van der Waals surface area contributed by atoms with E-state index in [0.717, 1.165) is 6.61 Å². The summed E-state index contributed by atoms with van der Waals surface area (Å²) in [4.78, 5) is 0. The molecule has 0 bridgehead atoms. The van der Waals surface area contributed by atoms with E-state index in [1.165, 1.54) is 19.3 Å². The van der Waals surface area contributed by atoms with Crippen molar-refractivity contribution in [3.63, 3.8) is 0 Å². The van der Waals surface area contributed by atoms with Gasteiger partial charge in [-0.3, -0.25) is 0 Å². The molecule has 3 heteroatoms. The first-order valence-electron chi connectivity index (χ1n) is 6.53. The van der Waals surface area contributed by atoms with E-state index in [1.54, 1.807) is 0 Å². The van der Waals surface area contributed by atoms with E-state index in [-0.39, 0.29) is 0 Å². The van der Waals surface area contributed by atoms with Gasteiger partial charge in [0.05, 0.1) is 0 Å². The van der Waals surface area contributed by atoms with Gasteiger partial charge in [0.2, 0.25) is 0 Å². The number of hydrogen-bond acceptors (Lipinski definition) is 2. The lowest BCUT2D eigenvalue weighted by atomic mass is 9.98. The molecule has 0 aromatic heterocycles. The molecule has 0 aromatic carbocycles. The van der Waals surface area contributed by atoms with Crippen molar-refractivity contribution in [3.05, 3.63) is 0 Å². The Kier molecular flexibility index (Phi) is 4.61. The number of hydrogen-bond donors (Lipinski definition) is 1. The van der Waals surface area contributed by atoms with E-state index in [4.69, 9.17) is 4.43 Å². The normalized spacial score (nSPS) is 27.4. The molecule has 1 aliphatic carbocycles. The second-order valence-corrected chi connectivity index (χ2v) is 11.5. The van der Waals surface area contributed by atoms with E-state index in [2.05, 4.69) is 33.9 Å². The van der Waals surface area contributed by atoms with E-state index < -0.39 is 8.32 Å². The zero-order chi connectivity index (χ0) is 12.4. The first-order valence-corrected chi connectivity index (χ1v) is 9.43. The van der Waals surface area contributed by atoms with Crippen molar-refractivity contribution in [1.82, 2.24) is 0 Å². The smallest absolute Gasteiger partial charge is 0.191 e. The van der Waals surface area contributed by atoms with E-state index in [0.29, 0.717) is 23.5 Å². The van der Waals surface area contributed by atoms with Crippen molar-refractivity contribution in [1.29, 1.82) is 0 Å². The van der Waals surface area contributed by atoms with Crippen LogP contribution in [0.25, 0.3) is 0 Å². The van der Waals surface area contributed by atoms with E-state index in [1.807, 2.05) is 0 Å². The Hall–Kier alpha value is 0.137. The molecule has 1 rings (SSSR count). The van der Waals surface area contributed by atoms with Gasteiger partial charge in [-0.05, 0) is 42.8 Å². The van der Waals surface area contributed by atoms with Crippen LogP contribution in [-0.2, 0) is 4.43 Å². The molecule has 1 N–H and O–H groups in total. The van der Waals surface area contributed by atoms with Crippen molar-refractivity contribution in [2.24, 2.45) is 11.8 Å². The molecule has 0 saturated heterocycles. The van der Waals surface area contributed by atoms with Gasteiger partial charge in [0.15, 0.2) is 8.32 Å². The average molecular weight is 244 g/mol. The van der Waals surface area contributed by atoms with Crippen molar-refractivity contribution in [3.8, 4) is 0 Å². The van der Waals surface area contributed by atoms with Crippen molar-refractivity contribution in [2.45, 2.75) is 58.2 Å². The highest BCUT2D eigenvalue weighted by Crippen LogP contribution is 2.38. The molecular formula is C13H28O2Si. The Bertz CT molecular complexity index is 220. The largest absolute Gasteiger partial charge is 0.417 e. The molecular weight excluding hydrogens is 216 g/mol. The molecule has 0 spiro atoms. The maximum Gasteiger partial charge on any atom is 0.191 e. The van der Waals surface area contributed by atoms with Crippen LogP contribution in [0.3, 0.4) is 0 Å². The molecule has 0 amide bonds. The van der Waals surface area contributed by atoms with Gasteiger partial charge >= 0.3 is 0 Å². The lowest BCUT2D eigenvalue weighted by Crippen LogP contribution is -2.42. The summed E-state index contributed by atoms with van der Waals surface area (Å²) in [5.74, 6) is 1.09. The molecule has 16 heavy (non-hydrogen) atoms. The van der Waals surface area contributed by atoms with Crippen LogP contribution in [0, 0.1) is 11.8 Å². The van der Waals surface area contributed by atoms with Crippen LogP contribution in [-0.4, -0.2) is 26.6 Å². The second-order valence-electron chi connectivity index (χ2n) is 6.70. The highest BCUT2D eigenvalue weighted by molar-refractivity contribution is 6.74. The van der Waals surface area contributed by atoms with Gasteiger partial charge in [-0.2, -0.15) is 0 Å². The predicted octanol–water partition coefficient (Wildman–Crippen LogP) is 3.42. The monoisotopic (exact) mass is 244 g/mol. The van der Waals surface area contributed by atoms with Gasteiger partial charge in [0.25, 0.3) is 0 Å². The quantitative estimate of drug-likeness (QED) is 0.768. The summed E-state index contributed by atoms with van der Waals surface area (Å²) >= 11 is 0. The first-order chi connectivity index (χ1) is 7.28. The minimum absolute atomic E-state index is 0.292. The fourth-order valence-corrected chi connectivity index (χ4v) is 3.17. The summed E-state index contributed by atoms with van der Waals surface area (Å²) in [5.41, 5.74) is 0. The van der Waals surface area contributed by atoms with E-state index >= 15 is 0 Å². The zero-order valence-electron chi connectivity index (χ0n) is 11.5. The van der Waals surface area contributed by atoms with Gasteiger partial charge in [-0.1, -0.05) is 27.2 Å². The SMILES string of the molecule is CC(C)(C)[Si](C)(C)OC[C@@H]1CCC[C@@H]1CO. The van der Waals surface area contributed by atoms with Crippen LogP contribution < -0.4 is 0 Å². The van der Waals surface area contributed by atoms with Crippen LogP contribution in [0.2, 0.25) is 18.1 Å². The lowest BCUT2D eigenvalue weighted by Gasteiger charge is -2.37. The standard InChI is InChI=1S/C13H28O2Si/c1-13(2,3)16(4,5)15-10-12-8-6-7-11(12)9-14/h11-12,14H,6-10H2,1-5H3/t11-,12+/m1/s1. The highest BCUT2D eigenvalue weighted by atomic mass is 28.4. The summed E-state index contributed by atoms with van der Waals surface area (Å²) in [7, 11) is -1.60. The highest BCUT2D eigenvalue weighted by Gasteiger charge is 2.38. The molecule has 1 fully saturated rings. The van der Waals surface area contributed by atoms with Crippen LogP contribution in [0.1, 0.15) is 40.0 Å². The van der Waals surface area contributed by atoms with Gasteiger partial charge in [0.1, 0.15) is 0 Å². The Morgan fingerprint density at radius 2 is 1.75 bits per heavy atom. The zero-order valence-corrected chi connectivity index (χ0v) is 12.5. The van der Waals surface area contributed by atoms with Gasteiger partial charge < -0.3 is 9.53 Å². The Morgan fingerprint density at radius 3 is 2.25 bits per heavy atom. The summed E-state index contributed by atoms with van der Waals surface area (Å²) in [5, 5.41) is 9.57. The third-order valence-electron chi connectivity index (χ3n) is 4.52. The van der Waals surface area contributed by atoms with Crippen LogP contribution in [0.4, 0.5) is 0 Å². The molecule has 2 nitrogen and oxygen atoms in total. The second kappa shape index (κ2) is 5.19. The number of aliphatic hydroxyl groups is 1. The van der Waals surface area contributed by atoms with Crippen LogP contribution in [0.15, 0.2) is 0 Å². The predicted molar refractivity (Wildman–Crippen MR) is 71.1 cm³/mol. The minimum atomic E-state index is -1.60. The molecule has 0 radical (unpaired) electrons. The maximum absolute atomic E-state index is 9.28. The molecule has 2 atom stereocenters. The Balaban J connectivity index is 2.45. The summed E-state index contributed by atoms with van der Waals surface area (Å²) in [6.07, 6.45) is 3.68. The van der Waals surface area contributed by atoms with Gasteiger partial charge in [-0.25, -0.2) is 0 Å². The number of aliphatic hydroxyl groups excluding tert-OH is 1. The third-order valence-corrected chi connectivity index (χ3v) is 9.02. The van der Waals surface area contributed by atoms with Crippen molar-refractivity contribution < 1.29 is 9.53 Å². The summed E-state index contributed by atoms with van der Waals surface area (Å²) in [6.45, 7) is 12.6. The van der Waals surface area contributed by atoms with Gasteiger partial charge in [0, 0.05) is 13.2 Å². The first kappa shape index (κ1) is 14.2. The summed E-state index contributed by atoms with van der Waals surface area (Å²) in [6, 6.07) is 0. The molecule has 0 unspecified atom stereocenters. The maximum atomic E-state index is 9.28. The van der Waals surface area contributed by atoms with Crippen LogP contribution in [0.5, 0.6) is 0 Å². The molecule has 0 heterocycles. The molecule has 1 aliphatic rings. The van der Waals surface area contributed by atoms with Gasteiger partial charge in [-0.15, -0.1) is 0 Å². The topological polar surface area (TPSA) is 29.5 Å². The average Bonchev–Trinajstić information content (AvgIpc) is 2.60. The molecule has 0 aromatic rings. The lowest BCUT2D eigenvalue weighted by molar-refractivity contribution is 0.144. The Morgan fingerprint density at radius 1 is 1.19 bits per heavy atom. The fraction of sp³-hybridized carbons (Fsp3) is 1.00. The van der Waals surface area contributed by atoms with Crippen molar-refractivity contribution >= 4 is 8.32 Å². The molecule has 96 valence electrons. The number of rotatable bonds is 4. The van der Waals surface area contributed by atoms with Crippen LogP contribution >= 0.6 is 0 Å².